The van der Waals surface area contributed by atoms with Crippen LogP contribution < -0.4 is 5.06 Å². The van der Waals surface area contributed by atoms with Gasteiger partial charge in [0.2, 0.25) is 0 Å². The molecule has 0 atom stereocenters. The fraction of sp³-hybridized carbons (Fsp3) is 0.286. The van der Waals surface area contributed by atoms with Gasteiger partial charge >= 0.3 is 0 Å². The third-order valence-electron chi connectivity index (χ3n) is 1.21. The number of rotatable bonds is 2. The van der Waals surface area contributed by atoms with Crippen molar-refractivity contribution in [1.82, 2.24) is 4.98 Å². The molecule has 0 aliphatic rings. The largest absolute Gasteiger partial charge is 0.287 e. The van der Waals surface area contributed by atoms with Crippen LogP contribution in [0.15, 0.2) is 24.4 Å². The SMILES string of the molecule is CCN(O)c1ccccn1. The zero-order valence-corrected chi connectivity index (χ0v) is 5.86. The normalized spacial score (nSPS) is 9.40. The molecule has 1 aromatic heterocycles. The van der Waals surface area contributed by atoms with Crippen molar-refractivity contribution in [3.8, 4) is 0 Å². The Hall–Kier alpha value is -1.09. The van der Waals surface area contributed by atoms with Gasteiger partial charge in [-0.05, 0) is 19.1 Å². The van der Waals surface area contributed by atoms with E-state index in [1.165, 1.54) is 0 Å². The summed E-state index contributed by atoms with van der Waals surface area (Å²) in [6, 6.07) is 5.40. The molecule has 0 aromatic carbocycles. The molecule has 10 heavy (non-hydrogen) atoms. The maximum Gasteiger partial charge on any atom is 0.152 e. The van der Waals surface area contributed by atoms with Crippen LogP contribution in [0, 0.1) is 0 Å². The average molecular weight is 138 g/mol. The van der Waals surface area contributed by atoms with Crippen LogP contribution >= 0.6 is 0 Å². The number of nitrogens with zero attached hydrogens (tertiary/aromatic N) is 2. The predicted molar refractivity (Wildman–Crippen MR) is 39.0 cm³/mol. The molecule has 0 radical (unpaired) electrons. The van der Waals surface area contributed by atoms with Crippen molar-refractivity contribution in [1.29, 1.82) is 0 Å². The predicted octanol–water partition coefficient (Wildman–Crippen LogP) is 1.30. The highest BCUT2D eigenvalue weighted by molar-refractivity contribution is 5.33. The molecule has 0 spiro atoms. The lowest BCUT2D eigenvalue weighted by Gasteiger charge is -2.11. The van der Waals surface area contributed by atoms with Gasteiger partial charge in [0.1, 0.15) is 0 Å². The van der Waals surface area contributed by atoms with Crippen molar-refractivity contribution in [2.24, 2.45) is 0 Å². The molecular formula is C7H10N2O. The number of anilines is 1. The number of hydroxylamine groups is 1. The molecule has 54 valence electrons. The maximum absolute atomic E-state index is 9.10. The van der Waals surface area contributed by atoms with E-state index in [1.807, 2.05) is 19.1 Å². The lowest BCUT2D eigenvalue weighted by Crippen LogP contribution is -2.17. The third kappa shape index (κ3) is 1.45. The fourth-order valence-electron chi connectivity index (χ4n) is 0.668. The third-order valence-corrected chi connectivity index (χ3v) is 1.21. The summed E-state index contributed by atoms with van der Waals surface area (Å²) >= 11 is 0. The van der Waals surface area contributed by atoms with E-state index >= 15 is 0 Å². The van der Waals surface area contributed by atoms with Gasteiger partial charge < -0.3 is 0 Å². The van der Waals surface area contributed by atoms with E-state index in [2.05, 4.69) is 4.98 Å². The number of aromatic nitrogens is 1. The summed E-state index contributed by atoms with van der Waals surface area (Å²) in [4.78, 5) is 3.93. The summed E-state index contributed by atoms with van der Waals surface area (Å²) in [6.07, 6.45) is 1.65. The van der Waals surface area contributed by atoms with Gasteiger partial charge in [-0.3, -0.25) is 5.21 Å². The summed E-state index contributed by atoms with van der Waals surface area (Å²) < 4.78 is 0. The molecule has 1 aromatic rings. The molecule has 0 bridgehead atoms. The Labute approximate surface area is 59.9 Å². The Morgan fingerprint density at radius 2 is 2.40 bits per heavy atom. The minimum absolute atomic E-state index is 0.553. The van der Waals surface area contributed by atoms with Crippen molar-refractivity contribution < 1.29 is 5.21 Å². The van der Waals surface area contributed by atoms with Crippen LogP contribution in [0.25, 0.3) is 0 Å². The van der Waals surface area contributed by atoms with E-state index in [9.17, 15) is 0 Å². The molecule has 0 saturated carbocycles. The molecule has 3 heteroatoms. The first-order chi connectivity index (χ1) is 4.84. The Bertz CT molecular complexity index is 188. The highest BCUT2D eigenvalue weighted by atomic mass is 16.5. The molecular weight excluding hydrogens is 128 g/mol. The van der Waals surface area contributed by atoms with Gasteiger partial charge in [-0.15, -0.1) is 0 Å². The van der Waals surface area contributed by atoms with Gasteiger partial charge in [0, 0.05) is 12.7 Å². The second kappa shape index (κ2) is 3.17. The van der Waals surface area contributed by atoms with Crippen LogP contribution in [0.1, 0.15) is 6.92 Å². The van der Waals surface area contributed by atoms with Gasteiger partial charge in [0.05, 0.1) is 0 Å². The fourth-order valence-corrected chi connectivity index (χ4v) is 0.668. The molecule has 3 nitrogen and oxygen atoms in total. The van der Waals surface area contributed by atoms with Gasteiger partial charge in [-0.1, -0.05) is 6.07 Å². The topological polar surface area (TPSA) is 36.4 Å². The quantitative estimate of drug-likeness (QED) is 0.626. The summed E-state index contributed by atoms with van der Waals surface area (Å²) in [7, 11) is 0. The first-order valence-corrected chi connectivity index (χ1v) is 3.22. The van der Waals surface area contributed by atoms with E-state index in [1.54, 1.807) is 12.3 Å². The Kier molecular flexibility index (Phi) is 2.23. The highest BCUT2D eigenvalue weighted by Crippen LogP contribution is 2.04. The maximum atomic E-state index is 9.10. The summed E-state index contributed by atoms with van der Waals surface area (Å²) in [5, 5.41) is 10.2. The van der Waals surface area contributed by atoms with Crippen molar-refractivity contribution in [2.75, 3.05) is 11.6 Å². The van der Waals surface area contributed by atoms with Crippen LogP contribution in [-0.2, 0) is 0 Å². The first kappa shape index (κ1) is 7.02. The van der Waals surface area contributed by atoms with Gasteiger partial charge in [0.25, 0.3) is 0 Å². The highest BCUT2D eigenvalue weighted by Gasteiger charge is 1.96. The van der Waals surface area contributed by atoms with Crippen molar-refractivity contribution in [2.45, 2.75) is 6.92 Å². The standard InChI is InChI=1S/C7H10N2O/c1-2-9(10)7-5-3-4-6-8-7/h3-6,10H,2H2,1H3. The number of pyridine rings is 1. The minimum Gasteiger partial charge on any atom is -0.287 e. The summed E-state index contributed by atoms with van der Waals surface area (Å²) in [6.45, 7) is 2.41. The molecule has 1 heterocycles. The zero-order chi connectivity index (χ0) is 7.40. The van der Waals surface area contributed by atoms with Gasteiger partial charge in [-0.2, -0.15) is 0 Å². The lowest BCUT2D eigenvalue weighted by atomic mass is 10.4. The monoisotopic (exact) mass is 138 g/mol. The second-order valence-corrected chi connectivity index (χ2v) is 1.90. The van der Waals surface area contributed by atoms with Crippen LogP contribution in [0.4, 0.5) is 5.82 Å². The molecule has 0 aliphatic heterocycles. The van der Waals surface area contributed by atoms with Crippen LogP contribution in [-0.4, -0.2) is 16.7 Å². The average Bonchev–Trinajstić information content (AvgIpc) is 2.05. The minimum atomic E-state index is 0.553. The summed E-state index contributed by atoms with van der Waals surface area (Å²) in [5.74, 6) is 0.588. The number of hydrogen-bond donors (Lipinski definition) is 1. The van der Waals surface area contributed by atoms with E-state index in [0.29, 0.717) is 12.4 Å². The smallest absolute Gasteiger partial charge is 0.152 e. The van der Waals surface area contributed by atoms with E-state index < -0.39 is 0 Å². The number of hydrogen-bond acceptors (Lipinski definition) is 3. The van der Waals surface area contributed by atoms with Crippen molar-refractivity contribution in [3.05, 3.63) is 24.4 Å². The summed E-state index contributed by atoms with van der Waals surface area (Å²) in [5.41, 5.74) is 0. The van der Waals surface area contributed by atoms with Crippen molar-refractivity contribution in [3.63, 3.8) is 0 Å². The molecule has 1 rings (SSSR count). The Balaban J connectivity index is 2.75. The van der Waals surface area contributed by atoms with Crippen LogP contribution in [0.5, 0.6) is 0 Å². The van der Waals surface area contributed by atoms with Crippen LogP contribution in [0.3, 0.4) is 0 Å². The van der Waals surface area contributed by atoms with E-state index in [0.717, 1.165) is 5.06 Å². The van der Waals surface area contributed by atoms with E-state index in [-0.39, 0.29) is 0 Å². The first-order valence-electron chi connectivity index (χ1n) is 3.22. The second-order valence-electron chi connectivity index (χ2n) is 1.90. The molecule has 0 aliphatic carbocycles. The van der Waals surface area contributed by atoms with Gasteiger partial charge in [0.15, 0.2) is 5.82 Å². The molecule has 0 fully saturated rings. The van der Waals surface area contributed by atoms with Crippen molar-refractivity contribution >= 4 is 5.82 Å². The van der Waals surface area contributed by atoms with Crippen LogP contribution in [0.2, 0.25) is 0 Å². The molecule has 1 N–H and O–H groups in total. The molecule has 0 unspecified atom stereocenters. The lowest BCUT2D eigenvalue weighted by molar-refractivity contribution is 0.257. The molecule has 0 saturated heterocycles. The Morgan fingerprint density at radius 3 is 2.90 bits per heavy atom. The van der Waals surface area contributed by atoms with E-state index in [4.69, 9.17) is 5.21 Å². The Morgan fingerprint density at radius 1 is 1.60 bits per heavy atom. The van der Waals surface area contributed by atoms with Gasteiger partial charge in [-0.25, -0.2) is 10.0 Å². The zero-order valence-electron chi connectivity index (χ0n) is 5.86. The molecule has 0 amide bonds.